The molecule has 0 unspecified atom stereocenters. The minimum atomic E-state index is 0.748. The molecule has 2 aromatic rings. The van der Waals surface area contributed by atoms with Crippen molar-refractivity contribution in [1.82, 2.24) is 15.0 Å². The molecule has 3 rings (SSSR count). The summed E-state index contributed by atoms with van der Waals surface area (Å²) in [5.74, 6) is 0.907. The second-order valence-electron chi connectivity index (χ2n) is 4.50. The van der Waals surface area contributed by atoms with Crippen LogP contribution in [0.5, 0.6) is 0 Å². The number of anilines is 1. The van der Waals surface area contributed by atoms with Crippen molar-refractivity contribution in [3.63, 3.8) is 0 Å². The molecule has 5 nitrogen and oxygen atoms in total. The van der Waals surface area contributed by atoms with Crippen molar-refractivity contribution in [2.45, 2.75) is 6.92 Å². The zero-order valence-electron chi connectivity index (χ0n) is 10.9. The third kappa shape index (κ3) is 2.56. The van der Waals surface area contributed by atoms with Crippen LogP contribution in [0.15, 0.2) is 30.7 Å². The third-order valence-electron chi connectivity index (χ3n) is 3.24. The predicted octanol–water partition coefficient (Wildman–Crippen LogP) is 1.68. The highest BCUT2D eigenvalue weighted by molar-refractivity contribution is 5.62. The predicted molar refractivity (Wildman–Crippen MR) is 73.0 cm³/mol. The summed E-state index contributed by atoms with van der Waals surface area (Å²) in [6.45, 7) is 5.21. The third-order valence-corrected chi connectivity index (χ3v) is 3.24. The van der Waals surface area contributed by atoms with E-state index in [1.165, 1.54) is 0 Å². The Balaban J connectivity index is 1.93. The van der Waals surface area contributed by atoms with Crippen LogP contribution in [0.3, 0.4) is 0 Å². The van der Waals surface area contributed by atoms with Crippen LogP contribution in [0.4, 0.5) is 5.82 Å². The monoisotopic (exact) mass is 256 g/mol. The summed E-state index contributed by atoms with van der Waals surface area (Å²) < 4.78 is 5.36. The largest absolute Gasteiger partial charge is 0.378 e. The van der Waals surface area contributed by atoms with Crippen molar-refractivity contribution < 1.29 is 4.74 Å². The summed E-state index contributed by atoms with van der Waals surface area (Å²) >= 11 is 0. The van der Waals surface area contributed by atoms with Gasteiger partial charge < -0.3 is 9.64 Å². The lowest BCUT2D eigenvalue weighted by molar-refractivity contribution is 0.122. The summed E-state index contributed by atoms with van der Waals surface area (Å²) in [4.78, 5) is 15.5. The molecule has 1 saturated heterocycles. The number of aryl methyl sites for hydroxylation is 1. The van der Waals surface area contributed by atoms with Gasteiger partial charge in [0, 0.05) is 30.5 Å². The number of hydrogen-bond donors (Lipinski definition) is 0. The first-order valence-corrected chi connectivity index (χ1v) is 6.41. The number of hydrogen-bond acceptors (Lipinski definition) is 5. The van der Waals surface area contributed by atoms with Gasteiger partial charge in [0.15, 0.2) is 0 Å². The maximum absolute atomic E-state index is 5.36. The molecule has 1 fully saturated rings. The van der Waals surface area contributed by atoms with Gasteiger partial charge in [0.2, 0.25) is 0 Å². The van der Waals surface area contributed by atoms with Crippen LogP contribution in [0.2, 0.25) is 0 Å². The molecule has 0 radical (unpaired) electrons. The van der Waals surface area contributed by atoms with Crippen molar-refractivity contribution in [2.75, 3.05) is 31.2 Å². The highest BCUT2D eigenvalue weighted by Gasteiger charge is 2.14. The van der Waals surface area contributed by atoms with Crippen LogP contribution in [0.25, 0.3) is 11.3 Å². The fraction of sp³-hybridized carbons (Fsp3) is 0.357. The van der Waals surface area contributed by atoms with E-state index in [0.29, 0.717) is 0 Å². The Bertz CT molecular complexity index is 567. The van der Waals surface area contributed by atoms with Gasteiger partial charge >= 0.3 is 0 Å². The fourth-order valence-corrected chi connectivity index (χ4v) is 2.19. The van der Waals surface area contributed by atoms with Crippen LogP contribution < -0.4 is 4.90 Å². The molecule has 3 heterocycles. The van der Waals surface area contributed by atoms with E-state index in [-0.39, 0.29) is 0 Å². The Morgan fingerprint density at radius 1 is 1.21 bits per heavy atom. The van der Waals surface area contributed by atoms with E-state index >= 15 is 0 Å². The van der Waals surface area contributed by atoms with Crippen molar-refractivity contribution in [3.05, 3.63) is 36.4 Å². The molecular formula is C14H16N4O. The molecule has 0 spiro atoms. The summed E-state index contributed by atoms with van der Waals surface area (Å²) in [5, 5.41) is 0. The highest BCUT2D eigenvalue weighted by Crippen LogP contribution is 2.21. The zero-order valence-corrected chi connectivity index (χ0v) is 10.9. The first-order valence-electron chi connectivity index (χ1n) is 6.41. The lowest BCUT2D eigenvalue weighted by Gasteiger charge is -2.27. The minimum Gasteiger partial charge on any atom is -0.378 e. The summed E-state index contributed by atoms with van der Waals surface area (Å²) in [7, 11) is 0. The first kappa shape index (κ1) is 12.0. The smallest absolute Gasteiger partial charge is 0.147 e. The van der Waals surface area contributed by atoms with Crippen LogP contribution >= 0.6 is 0 Å². The molecule has 0 atom stereocenters. The second-order valence-corrected chi connectivity index (χ2v) is 4.50. The Hall–Kier alpha value is -2.01. The van der Waals surface area contributed by atoms with Crippen molar-refractivity contribution in [1.29, 1.82) is 0 Å². The normalized spacial score (nSPS) is 15.5. The number of rotatable bonds is 2. The molecule has 0 saturated carbocycles. The van der Waals surface area contributed by atoms with Crippen LogP contribution in [0.1, 0.15) is 5.69 Å². The molecule has 2 aromatic heterocycles. The molecule has 0 amide bonds. The molecule has 1 aliphatic rings. The minimum absolute atomic E-state index is 0.748. The van der Waals surface area contributed by atoms with Gasteiger partial charge in [-0.2, -0.15) is 0 Å². The number of morpholine rings is 1. The van der Waals surface area contributed by atoms with Crippen LogP contribution in [-0.4, -0.2) is 41.3 Å². The number of aromatic nitrogens is 3. The molecule has 98 valence electrons. The zero-order chi connectivity index (χ0) is 13.1. The summed E-state index contributed by atoms with van der Waals surface area (Å²) in [5.41, 5.74) is 2.87. The van der Waals surface area contributed by atoms with Gasteiger partial charge in [0.1, 0.15) is 5.82 Å². The molecule has 0 aliphatic carbocycles. The second kappa shape index (κ2) is 5.32. The van der Waals surface area contributed by atoms with Gasteiger partial charge in [0.05, 0.1) is 31.3 Å². The van der Waals surface area contributed by atoms with Crippen LogP contribution in [0, 0.1) is 6.92 Å². The Morgan fingerprint density at radius 3 is 2.84 bits per heavy atom. The first-order chi connectivity index (χ1) is 9.34. The number of ether oxygens (including phenoxy) is 1. The summed E-state index contributed by atoms with van der Waals surface area (Å²) in [6.07, 6.45) is 5.38. The molecule has 0 N–H and O–H groups in total. The lowest BCUT2D eigenvalue weighted by atomic mass is 10.1. The van der Waals surface area contributed by atoms with E-state index in [0.717, 1.165) is 49.1 Å². The molecular weight excluding hydrogens is 240 g/mol. The average Bonchev–Trinajstić information content (AvgIpc) is 2.49. The fourth-order valence-electron chi connectivity index (χ4n) is 2.19. The van der Waals surface area contributed by atoms with E-state index in [9.17, 15) is 0 Å². The van der Waals surface area contributed by atoms with Gasteiger partial charge in [-0.05, 0) is 19.1 Å². The molecule has 19 heavy (non-hydrogen) atoms. The van der Waals surface area contributed by atoms with Gasteiger partial charge in [-0.1, -0.05) is 0 Å². The van der Waals surface area contributed by atoms with Gasteiger partial charge in [0.25, 0.3) is 0 Å². The maximum atomic E-state index is 5.36. The van der Waals surface area contributed by atoms with Crippen molar-refractivity contribution >= 4 is 5.82 Å². The van der Waals surface area contributed by atoms with E-state index in [4.69, 9.17) is 9.72 Å². The number of pyridine rings is 1. The standard InChI is InChI=1S/C14H16N4O/c1-11-12(3-2-4-16-11)13-9-15-10-14(17-13)18-5-7-19-8-6-18/h2-4,9-10H,5-8H2,1H3. The molecule has 1 aliphatic heterocycles. The van der Waals surface area contributed by atoms with Crippen molar-refractivity contribution in [2.24, 2.45) is 0 Å². The van der Waals surface area contributed by atoms with E-state index in [1.54, 1.807) is 18.6 Å². The van der Waals surface area contributed by atoms with Gasteiger partial charge in [-0.25, -0.2) is 4.98 Å². The lowest BCUT2D eigenvalue weighted by Crippen LogP contribution is -2.36. The Kier molecular flexibility index (Phi) is 3.37. The SMILES string of the molecule is Cc1ncccc1-c1cncc(N2CCOCC2)n1. The van der Waals surface area contributed by atoms with Gasteiger partial charge in [-0.15, -0.1) is 0 Å². The molecule has 5 heteroatoms. The van der Waals surface area contributed by atoms with E-state index in [1.807, 2.05) is 19.1 Å². The average molecular weight is 256 g/mol. The molecule has 0 bridgehead atoms. The Labute approximate surface area is 112 Å². The summed E-state index contributed by atoms with van der Waals surface area (Å²) in [6, 6.07) is 3.95. The van der Waals surface area contributed by atoms with E-state index < -0.39 is 0 Å². The molecule has 0 aromatic carbocycles. The quantitative estimate of drug-likeness (QED) is 0.818. The van der Waals surface area contributed by atoms with E-state index in [2.05, 4.69) is 14.9 Å². The van der Waals surface area contributed by atoms with Crippen LogP contribution in [-0.2, 0) is 4.74 Å². The number of nitrogens with zero attached hydrogens (tertiary/aromatic N) is 4. The van der Waals surface area contributed by atoms with Crippen molar-refractivity contribution in [3.8, 4) is 11.3 Å². The Morgan fingerprint density at radius 2 is 2.05 bits per heavy atom. The van der Waals surface area contributed by atoms with Gasteiger partial charge in [-0.3, -0.25) is 9.97 Å². The topological polar surface area (TPSA) is 51.1 Å². The highest BCUT2D eigenvalue weighted by atomic mass is 16.5. The maximum Gasteiger partial charge on any atom is 0.147 e.